The van der Waals surface area contributed by atoms with Crippen molar-refractivity contribution in [3.63, 3.8) is 0 Å². The molecule has 0 aromatic carbocycles. The highest BCUT2D eigenvalue weighted by Gasteiger charge is 1.98. The van der Waals surface area contributed by atoms with Crippen molar-refractivity contribution in [2.24, 2.45) is 0 Å². The Morgan fingerprint density at radius 3 is 2.92 bits per heavy atom. The van der Waals surface area contributed by atoms with Crippen LogP contribution in [0, 0.1) is 11.3 Å². The lowest BCUT2D eigenvalue weighted by Crippen LogP contribution is -2.11. The molecule has 0 fully saturated rings. The number of nitriles is 1. The number of aromatic nitrogens is 2. The molecule has 1 aromatic rings. The van der Waals surface area contributed by atoms with Gasteiger partial charge in [-0.15, -0.1) is 0 Å². The minimum atomic E-state index is 0.254. The van der Waals surface area contributed by atoms with Crippen LogP contribution in [0.5, 0.6) is 0 Å². The highest BCUT2D eigenvalue weighted by atomic mass is 15.2. The Balaban J connectivity index is 2.75. The van der Waals surface area contributed by atoms with E-state index in [9.17, 15) is 0 Å². The molecule has 0 radical (unpaired) electrons. The summed E-state index contributed by atoms with van der Waals surface area (Å²) in [4.78, 5) is 9.87. The normalized spacial score (nSPS) is 9.00. The fourth-order valence-electron chi connectivity index (χ4n) is 0.818. The van der Waals surface area contributed by atoms with Crippen LogP contribution in [0.4, 0.5) is 11.6 Å². The van der Waals surface area contributed by atoms with Crippen LogP contribution in [0.1, 0.15) is 0 Å². The number of anilines is 2. The minimum Gasteiger partial charge on any atom is -0.363 e. The first-order valence-electron chi connectivity index (χ1n) is 3.84. The lowest BCUT2D eigenvalue weighted by atomic mass is 10.5. The van der Waals surface area contributed by atoms with Gasteiger partial charge in [0.15, 0.2) is 0 Å². The first-order valence-corrected chi connectivity index (χ1v) is 3.84. The smallest absolute Gasteiger partial charge is 0.133 e. The molecule has 0 aliphatic carbocycles. The van der Waals surface area contributed by atoms with Gasteiger partial charge in [0.1, 0.15) is 24.5 Å². The van der Waals surface area contributed by atoms with E-state index in [1.807, 2.05) is 25.1 Å². The van der Waals surface area contributed by atoms with Crippen LogP contribution in [0.2, 0.25) is 0 Å². The van der Waals surface area contributed by atoms with Gasteiger partial charge in [0, 0.05) is 20.2 Å². The standard InChI is InChI=1S/C8H11N5/c1-13(2)8-5-7(10-4-3-9)11-6-12-8/h5-6H,4H2,1-2H3,(H,10,11,12). The van der Waals surface area contributed by atoms with Crippen LogP contribution >= 0.6 is 0 Å². The second kappa shape index (κ2) is 4.26. The molecule has 0 aliphatic rings. The van der Waals surface area contributed by atoms with Crippen molar-refractivity contribution in [1.82, 2.24) is 9.97 Å². The van der Waals surface area contributed by atoms with Crippen molar-refractivity contribution in [2.75, 3.05) is 30.9 Å². The van der Waals surface area contributed by atoms with Crippen LogP contribution in [0.25, 0.3) is 0 Å². The van der Waals surface area contributed by atoms with Crippen molar-refractivity contribution in [1.29, 1.82) is 5.26 Å². The molecule has 1 rings (SSSR count). The van der Waals surface area contributed by atoms with E-state index in [0.29, 0.717) is 5.82 Å². The second-order valence-corrected chi connectivity index (χ2v) is 2.67. The van der Waals surface area contributed by atoms with Crippen molar-refractivity contribution < 1.29 is 0 Å². The summed E-state index contributed by atoms with van der Waals surface area (Å²) in [5.74, 6) is 1.48. The third kappa shape index (κ3) is 2.60. The molecule has 0 unspecified atom stereocenters. The van der Waals surface area contributed by atoms with Gasteiger partial charge in [-0.1, -0.05) is 0 Å². The molecule has 0 saturated carbocycles. The first-order chi connectivity index (χ1) is 6.24. The van der Waals surface area contributed by atoms with E-state index in [0.717, 1.165) is 5.82 Å². The maximum Gasteiger partial charge on any atom is 0.133 e. The van der Waals surface area contributed by atoms with E-state index in [1.165, 1.54) is 6.33 Å². The molecule has 1 heterocycles. The minimum absolute atomic E-state index is 0.254. The molecule has 13 heavy (non-hydrogen) atoms. The molecule has 5 heteroatoms. The molecule has 1 N–H and O–H groups in total. The van der Waals surface area contributed by atoms with E-state index in [-0.39, 0.29) is 6.54 Å². The number of hydrogen-bond donors (Lipinski definition) is 1. The highest BCUT2D eigenvalue weighted by Crippen LogP contribution is 2.10. The Bertz CT molecular complexity index is 315. The summed E-state index contributed by atoms with van der Waals surface area (Å²) < 4.78 is 0. The maximum atomic E-state index is 8.34. The molecular formula is C8H11N5. The molecule has 0 spiro atoms. The van der Waals surface area contributed by atoms with Crippen molar-refractivity contribution >= 4 is 11.6 Å². The Morgan fingerprint density at radius 2 is 2.31 bits per heavy atom. The fraction of sp³-hybridized carbons (Fsp3) is 0.375. The number of rotatable bonds is 3. The molecule has 0 atom stereocenters. The Hall–Kier alpha value is -1.83. The van der Waals surface area contributed by atoms with E-state index in [2.05, 4.69) is 15.3 Å². The summed E-state index contributed by atoms with van der Waals surface area (Å²) in [7, 11) is 3.80. The molecule has 0 bridgehead atoms. The molecule has 68 valence electrons. The first kappa shape index (κ1) is 9.26. The maximum absolute atomic E-state index is 8.34. The molecular weight excluding hydrogens is 166 g/mol. The molecule has 5 nitrogen and oxygen atoms in total. The Kier molecular flexibility index (Phi) is 3.03. The lowest BCUT2D eigenvalue weighted by Gasteiger charge is -2.11. The topological polar surface area (TPSA) is 64.8 Å². The predicted molar refractivity (Wildman–Crippen MR) is 50.5 cm³/mol. The summed E-state index contributed by atoms with van der Waals surface area (Å²) in [5, 5.41) is 11.2. The van der Waals surface area contributed by atoms with Crippen LogP contribution in [0.15, 0.2) is 12.4 Å². The number of hydrogen-bond acceptors (Lipinski definition) is 5. The summed E-state index contributed by atoms with van der Waals surface area (Å²) in [5.41, 5.74) is 0. The molecule has 0 amide bonds. The zero-order valence-electron chi connectivity index (χ0n) is 7.65. The zero-order valence-corrected chi connectivity index (χ0v) is 7.65. The SMILES string of the molecule is CN(C)c1cc(NCC#N)ncn1. The van der Waals surface area contributed by atoms with Gasteiger partial charge in [-0.25, -0.2) is 9.97 Å². The quantitative estimate of drug-likeness (QED) is 0.680. The summed E-state index contributed by atoms with van der Waals surface area (Å²) in [6, 6.07) is 3.77. The monoisotopic (exact) mass is 177 g/mol. The Labute approximate surface area is 77.0 Å². The molecule has 1 aromatic heterocycles. The van der Waals surface area contributed by atoms with E-state index < -0.39 is 0 Å². The lowest BCUT2D eigenvalue weighted by molar-refractivity contribution is 1.03. The van der Waals surface area contributed by atoms with Gasteiger partial charge in [0.25, 0.3) is 0 Å². The summed E-state index contributed by atoms with van der Waals surface area (Å²) in [6.45, 7) is 0.254. The van der Waals surface area contributed by atoms with Crippen molar-refractivity contribution in [2.45, 2.75) is 0 Å². The van der Waals surface area contributed by atoms with E-state index >= 15 is 0 Å². The van der Waals surface area contributed by atoms with Crippen LogP contribution < -0.4 is 10.2 Å². The molecule has 0 aliphatic heterocycles. The van der Waals surface area contributed by atoms with E-state index in [4.69, 9.17) is 5.26 Å². The summed E-state index contributed by atoms with van der Waals surface area (Å²) in [6.07, 6.45) is 1.47. The highest BCUT2D eigenvalue weighted by molar-refractivity contribution is 5.47. The average molecular weight is 177 g/mol. The average Bonchev–Trinajstić information content (AvgIpc) is 2.15. The van der Waals surface area contributed by atoms with Gasteiger partial charge in [-0.2, -0.15) is 5.26 Å². The third-order valence-corrected chi connectivity index (χ3v) is 1.46. The second-order valence-electron chi connectivity index (χ2n) is 2.67. The van der Waals surface area contributed by atoms with Gasteiger partial charge in [0.2, 0.25) is 0 Å². The van der Waals surface area contributed by atoms with Gasteiger partial charge >= 0.3 is 0 Å². The van der Waals surface area contributed by atoms with Crippen molar-refractivity contribution in [3.8, 4) is 6.07 Å². The Morgan fingerprint density at radius 1 is 1.54 bits per heavy atom. The van der Waals surface area contributed by atoms with Gasteiger partial charge in [-0.3, -0.25) is 0 Å². The number of nitrogens with zero attached hydrogens (tertiary/aromatic N) is 4. The molecule has 0 saturated heterocycles. The van der Waals surface area contributed by atoms with Crippen LogP contribution in [0.3, 0.4) is 0 Å². The zero-order chi connectivity index (χ0) is 9.68. The van der Waals surface area contributed by atoms with Crippen molar-refractivity contribution in [3.05, 3.63) is 12.4 Å². The largest absolute Gasteiger partial charge is 0.363 e. The summed E-state index contributed by atoms with van der Waals surface area (Å²) >= 11 is 0. The van der Waals surface area contributed by atoms with Gasteiger partial charge < -0.3 is 10.2 Å². The van der Waals surface area contributed by atoms with Gasteiger partial charge in [-0.05, 0) is 0 Å². The number of nitrogens with one attached hydrogen (secondary N) is 1. The van der Waals surface area contributed by atoms with Crippen LogP contribution in [-0.2, 0) is 0 Å². The predicted octanol–water partition coefficient (Wildman–Crippen LogP) is 0.478. The van der Waals surface area contributed by atoms with Gasteiger partial charge in [0.05, 0.1) is 6.07 Å². The third-order valence-electron chi connectivity index (χ3n) is 1.46. The fourth-order valence-corrected chi connectivity index (χ4v) is 0.818. The van der Waals surface area contributed by atoms with E-state index in [1.54, 1.807) is 6.07 Å². The van der Waals surface area contributed by atoms with Crippen LogP contribution in [-0.4, -0.2) is 30.6 Å².